The summed E-state index contributed by atoms with van der Waals surface area (Å²) in [5.74, 6) is -0.406. The van der Waals surface area contributed by atoms with Crippen molar-refractivity contribution in [2.45, 2.75) is 13.1 Å². The Hall–Kier alpha value is -3.26. The zero-order valence-electron chi connectivity index (χ0n) is 16.4. The molecule has 156 valence electrons. The van der Waals surface area contributed by atoms with E-state index in [1.165, 1.54) is 30.5 Å². The van der Waals surface area contributed by atoms with Crippen molar-refractivity contribution in [1.29, 1.82) is 0 Å². The average molecular weight is 412 g/mol. The Bertz CT molecular complexity index is 981. The number of nitrogens with zero attached hydrogens (tertiary/aromatic N) is 3. The summed E-state index contributed by atoms with van der Waals surface area (Å²) < 4.78 is 31.5. The maximum absolute atomic E-state index is 13.1. The van der Waals surface area contributed by atoms with E-state index >= 15 is 0 Å². The molecule has 0 saturated carbocycles. The highest BCUT2D eigenvalue weighted by Gasteiger charge is 2.20. The molecule has 3 aromatic rings. The Morgan fingerprint density at radius 2 is 1.60 bits per heavy atom. The number of hydrogen-bond acceptors (Lipinski definition) is 5. The number of oxazole rings is 1. The Morgan fingerprint density at radius 1 is 0.967 bits per heavy atom. The molecule has 1 aliphatic heterocycles. The van der Waals surface area contributed by atoms with E-state index in [9.17, 15) is 13.6 Å². The van der Waals surface area contributed by atoms with E-state index in [4.69, 9.17) is 4.42 Å². The van der Waals surface area contributed by atoms with Crippen LogP contribution in [0.1, 0.15) is 21.9 Å². The fraction of sp³-hybridized carbons (Fsp3) is 0.273. The Morgan fingerprint density at radius 3 is 2.27 bits per heavy atom. The number of halogens is 2. The maximum Gasteiger partial charge on any atom is 0.273 e. The van der Waals surface area contributed by atoms with Gasteiger partial charge >= 0.3 is 0 Å². The number of amides is 1. The number of anilines is 1. The number of piperazine rings is 1. The highest BCUT2D eigenvalue weighted by Crippen LogP contribution is 2.18. The third-order valence-electron chi connectivity index (χ3n) is 5.07. The number of benzene rings is 2. The van der Waals surface area contributed by atoms with Crippen molar-refractivity contribution < 1.29 is 18.0 Å². The Kier molecular flexibility index (Phi) is 6.04. The van der Waals surface area contributed by atoms with Gasteiger partial charge in [0.15, 0.2) is 5.69 Å². The maximum atomic E-state index is 13.1. The molecule has 0 radical (unpaired) electrons. The summed E-state index contributed by atoms with van der Waals surface area (Å²) >= 11 is 0. The highest BCUT2D eigenvalue weighted by atomic mass is 19.1. The minimum absolute atomic E-state index is 0.219. The van der Waals surface area contributed by atoms with Crippen LogP contribution in [0, 0.1) is 11.6 Å². The second-order valence-electron chi connectivity index (χ2n) is 7.18. The largest absolute Gasteiger partial charge is 0.447 e. The molecule has 1 aromatic heterocycles. The first-order valence-electron chi connectivity index (χ1n) is 9.77. The minimum Gasteiger partial charge on any atom is -0.447 e. The molecule has 0 bridgehead atoms. The van der Waals surface area contributed by atoms with Gasteiger partial charge in [0, 0.05) is 38.4 Å². The van der Waals surface area contributed by atoms with Crippen LogP contribution in [0.2, 0.25) is 0 Å². The van der Waals surface area contributed by atoms with Crippen molar-refractivity contribution in [1.82, 2.24) is 15.2 Å². The van der Waals surface area contributed by atoms with E-state index in [0.29, 0.717) is 12.4 Å². The summed E-state index contributed by atoms with van der Waals surface area (Å²) in [4.78, 5) is 21.0. The molecule has 8 heteroatoms. The molecule has 2 heterocycles. The van der Waals surface area contributed by atoms with Crippen LogP contribution >= 0.6 is 0 Å². The van der Waals surface area contributed by atoms with Crippen LogP contribution in [0.4, 0.5) is 14.5 Å². The zero-order valence-corrected chi connectivity index (χ0v) is 16.4. The minimum atomic E-state index is -0.338. The molecule has 1 aliphatic rings. The third kappa shape index (κ3) is 5.01. The molecule has 1 fully saturated rings. The first-order valence-corrected chi connectivity index (χ1v) is 9.77. The van der Waals surface area contributed by atoms with Crippen LogP contribution < -0.4 is 10.2 Å². The van der Waals surface area contributed by atoms with Crippen molar-refractivity contribution in [3.63, 3.8) is 0 Å². The topological polar surface area (TPSA) is 61.6 Å². The number of hydrogen-bond donors (Lipinski definition) is 1. The number of nitrogens with one attached hydrogen (secondary N) is 1. The molecule has 30 heavy (non-hydrogen) atoms. The average Bonchev–Trinajstić information content (AvgIpc) is 3.23. The normalized spacial score (nSPS) is 14.7. The van der Waals surface area contributed by atoms with Crippen LogP contribution in [0.25, 0.3) is 0 Å². The Balaban J connectivity index is 1.26. The van der Waals surface area contributed by atoms with Crippen molar-refractivity contribution in [3.05, 3.63) is 83.6 Å². The van der Waals surface area contributed by atoms with Gasteiger partial charge in [0.25, 0.3) is 5.91 Å². The van der Waals surface area contributed by atoms with Gasteiger partial charge in [-0.3, -0.25) is 9.69 Å². The van der Waals surface area contributed by atoms with E-state index in [2.05, 4.69) is 20.1 Å². The van der Waals surface area contributed by atoms with E-state index in [-0.39, 0.29) is 29.8 Å². The SMILES string of the molecule is O=C(NCc1ccc(F)cc1)c1coc(CN2CCN(c3ccc(F)cc3)CC2)n1. The summed E-state index contributed by atoms with van der Waals surface area (Å²) in [6.07, 6.45) is 1.35. The highest BCUT2D eigenvalue weighted by molar-refractivity contribution is 5.91. The fourth-order valence-electron chi connectivity index (χ4n) is 3.37. The molecule has 4 rings (SSSR count). The molecule has 0 atom stereocenters. The number of carbonyl (C=O) groups is 1. The van der Waals surface area contributed by atoms with Crippen LogP contribution in [-0.4, -0.2) is 42.0 Å². The van der Waals surface area contributed by atoms with Crippen molar-refractivity contribution >= 4 is 11.6 Å². The van der Waals surface area contributed by atoms with E-state index in [1.807, 2.05) is 0 Å². The smallest absolute Gasteiger partial charge is 0.273 e. The zero-order chi connectivity index (χ0) is 20.9. The van der Waals surface area contributed by atoms with Gasteiger partial charge in [0.2, 0.25) is 5.89 Å². The molecule has 0 aliphatic carbocycles. The molecule has 2 aromatic carbocycles. The summed E-state index contributed by atoms with van der Waals surface area (Å²) in [6, 6.07) is 12.5. The second-order valence-corrected chi connectivity index (χ2v) is 7.18. The lowest BCUT2D eigenvalue weighted by Crippen LogP contribution is -2.46. The summed E-state index contributed by atoms with van der Waals surface area (Å²) in [7, 11) is 0. The molecule has 0 unspecified atom stereocenters. The van der Waals surface area contributed by atoms with E-state index in [1.54, 1.807) is 24.3 Å². The van der Waals surface area contributed by atoms with Gasteiger partial charge in [-0.15, -0.1) is 0 Å². The number of aromatic nitrogens is 1. The molecule has 0 spiro atoms. The second kappa shape index (κ2) is 9.04. The van der Waals surface area contributed by atoms with Crippen molar-refractivity contribution in [2.24, 2.45) is 0 Å². The van der Waals surface area contributed by atoms with Crippen LogP contribution in [0.5, 0.6) is 0 Å². The molecule has 1 saturated heterocycles. The summed E-state index contributed by atoms with van der Waals surface area (Å²) in [5, 5.41) is 2.75. The lowest BCUT2D eigenvalue weighted by atomic mass is 10.2. The quantitative estimate of drug-likeness (QED) is 0.674. The van der Waals surface area contributed by atoms with E-state index in [0.717, 1.165) is 37.4 Å². The summed E-state index contributed by atoms with van der Waals surface area (Å²) in [5.41, 5.74) is 2.02. The number of carbonyl (C=O) groups excluding carboxylic acids is 1. The van der Waals surface area contributed by atoms with E-state index < -0.39 is 0 Å². The van der Waals surface area contributed by atoms with Crippen molar-refractivity contribution in [3.8, 4) is 0 Å². The van der Waals surface area contributed by atoms with Crippen LogP contribution in [0.15, 0.2) is 59.2 Å². The van der Waals surface area contributed by atoms with Gasteiger partial charge in [0.05, 0.1) is 6.54 Å². The molecule has 1 N–H and O–H groups in total. The lowest BCUT2D eigenvalue weighted by molar-refractivity contribution is 0.0945. The van der Waals surface area contributed by atoms with Crippen LogP contribution in [0.3, 0.4) is 0 Å². The third-order valence-corrected chi connectivity index (χ3v) is 5.07. The first-order chi connectivity index (χ1) is 14.6. The van der Waals surface area contributed by atoms with Gasteiger partial charge < -0.3 is 14.6 Å². The summed E-state index contributed by atoms with van der Waals surface area (Å²) in [6.45, 7) is 4.06. The standard InChI is InChI=1S/C22H22F2N4O2/c23-17-3-1-16(2-4-17)13-25-22(29)20-15-30-21(26-20)14-27-9-11-28(12-10-27)19-7-5-18(24)6-8-19/h1-8,15H,9-14H2,(H,25,29). The fourth-order valence-corrected chi connectivity index (χ4v) is 3.37. The first kappa shape index (κ1) is 20.0. The molecule has 6 nitrogen and oxygen atoms in total. The lowest BCUT2D eigenvalue weighted by Gasteiger charge is -2.35. The molecular weight excluding hydrogens is 390 g/mol. The molecule has 1 amide bonds. The predicted molar refractivity (Wildman–Crippen MR) is 108 cm³/mol. The van der Waals surface area contributed by atoms with Gasteiger partial charge in [-0.1, -0.05) is 12.1 Å². The Labute approximate surface area is 173 Å². The number of rotatable bonds is 6. The predicted octanol–water partition coefficient (Wildman–Crippen LogP) is 3.21. The van der Waals surface area contributed by atoms with Crippen molar-refractivity contribution in [2.75, 3.05) is 31.1 Å². The monoisotopic (exact) mass is 412 g/mol. The van der Waals surface area contributed by atoms with Gasteiger partial charge in [-0.2, -0.15) is 0 Å². The van der Waals surface area contributed by atoms with Gasteiger partial charge in [0.1, 0.15) is 17.9 Å². The van der Waals surface area contributed by atoms with Crippen LogP contribution in [-0.2, 0) is 13.1 Å². The van der Waals surface area contributed by atoms with Gasteiger partial charge in [-0.05, 0) is 42.0 Å². The molecular formula is C22H22F2N4O2. The van der Waals surface area contributed by atoms with Gasteiger partial charge in [-0.25, -0.2) is 13.8 Å².